The Morgan fingerprint density at radius 3 is 2.93 bits per heavy atom. The first-order valence-electron chi connectivity index (χ1n) is 4.84. The number of ether oxygens (including phenoxy) is 1. The molecule has 0 amide bonds. The third-order valence-electron chi connectivity index (χ3n) is 2.75. The molecule has 0 saturated carbocycles. The molecule has 1 heterocycles. The molecule has 0 unspecified atom stereocenters. The number of hydrogen-bond donors (Lipinski definition) is 1. The second-order valence-corrected chi connectivity index (χ2v) is 3.64. The number of aromatic hydroxyl groups is 1. The van der Waals surface area contributed by atoms with Crippen LogP contribution in [0.3, 0.4) is 0 Å². The molecule has 0 saturated heterocycles. The van der Waals surface area contributed by atoms with Crippen LogP contribution in [-0.4, -0.2) is 25.8 Å². The summed E-state index contributed by atoms with van der Waals surface area (Å²) in [7, 11) is 3.67. The predicted molar refractivity (Wildman–Crippen MR) is 56.2 cm³/mol. The van der Waals surface area contributed by atoms with Gasteiger partial charge in [0.15, 0.2) is 11.5 Å². The van der Waals surface area contributed by atoms with Gasteiger partial charge in [0.05, 0.1) is 7.11 Å². The minimum Gasteiger partial charge on any atom is -0.504 e. The molecule has 1 aliphatic heterocycles. The lowest BCUT2D eigenvalue weighted by atomic mass is 10.0. The lowest BCUT2D eigenvalue weighted by molar-refractivity contribution is 0.368. The average Bonchev–Trinajstić information content (AvgIpc) is 2.18. The summed E-state index contributed by atoms with van der Waals surface area (Å²) < 4.78 is 5.22. The maximum absolute atomic E-state index is 9.61. The van der Waals surface area contributed by atoms with Crippen LogP contribution in [0, 0.1) is 0 Å². The number of fused-ring (bicyclic) bond motifs is 1. The van der Waals surface area contributed by atoms with Crippen molar-refractivity contribution >= 4 is 5.69 Å². The van der Waals surface area contributed by atoms with Crippen molar-refractivity contribution in [1.29, 1.82) is 0 Å². The van der Waals surface area contributed by atoms with Gasteiger partial charge >= 0.3 is 0 Å². The van der Waals surface area contributed by atoms with E-state index in [0.717, 1.165) is 24.9 Å². The fourth-order valence-electron chi connectivity index (χ4n) is 2.05. The van der Waals surface area contributed by atoms with E-state index < -0.39 is 0 Å². The van der Waals surface area contributed by atoms with Crippen molar-refractivity contribution in [2.45, 2.75) is 12.8 Å². The van der Waals surface area contributed by atoms with Crippen molar-refractivity contribution in [3.63, 3.8) is 0 Å². The fourth-order valence-corrected chi connectivity index (χ4v) is 2.05. The van der Waals surface area contributed by atoms with E-state index in [9.17, 15) is 5.11 Å². The maximum Gasteiger partial charge on any atom is 0.165 e. The number of nitrogens with zero attached hydrogens (tertiary/aromatic N) is 1. The smallest absolute Gasteiger partial charge is 0.165 e. The van der Waals surface area contributed by atoms with Crippen molar-refractivity contribution in [3.8, 4) is 11.5 Å². The molecule has 0 spiro atoms. The van der Waals surface area contributed by atoms with E-state index in [0.29, 0.717) is 5.75 Å². The first-order chi connectivity index (χ1) is 6.74. The van der Waals surface area contributed by atoms with Gasteiger partial charge in [-0.1, -0.05) is 0 Å². The zero-order valence-electron chi connectivity index (χ0n) is 8.58. The highest BCUT2D eigenvalue weighted by Gasteiger charge is 2.19. The molecule has 76 valence electrons. The third-order valence-corrected chi connectivity index (χ3v) is 2.75. The Hall–Kier alpha value is -1.38. The quantitative estimate of drug-likeness (QED) is 0.738. The molecular formula is C11H15NO2. The number of phenols is 1. The number of phenolic OH excluding ortho intramolecular Hbond substituents is 1. The zero-order chi connectivity index (χ0) is 10.1. The van der Waals surface area contributed by atoms with E-state index in [4.69, 9.17) is 4.74 Å². The monoisotopic (exact) mass is 193 g/mol. The SMILES string of the molecule is COc1c(O)ccc2c1CCCN2C. The first kappa shape index (κ1) is 9.19. The number of rotatable bonds is 1. The molecular weight excluding hydrogens is 178 g/mol. The molecule has 0 atom stereocenters. The fraction of sp³-hybridized carbons (Fsp3) is 0.455. The summed E-state index contributed by atoms with van der Waals surface area (Å²) in [6.45, 7) is 1.07. The normalized spacial score (nSPS) is 15.1. The number of benzene rings is 1. The largest absolute Gasteiger partial charge is 0.504 e. The predicted octanol–water partition coefficient (Wildman–Crippen LogP) is 1.78. The minimum atomic E-state index is 0.238. The Morgan fingerprint density at radius 1 is 1.43 bits per heavy atom. The second-order valence-electron chi connectivity index (χ2n) is 3.64. The van der Waals surface area contributed by atoms with Gasteiger partial charge in [0, 0.05) is 24.8 Å². The van der Waals surface area contributed by atoms with Crippen LogP contribution < -0.4 is 9.64 Å². The molecule has 0 aliphatic carbocycles. The highest BCUT2D eigenvalue weighted by Crippen LogP contribution is 2.39. The molecule has 2 rings (SSSR count). The van der Waals surface area contributed by atoms with Crippen LogP contribution in [0.2, 0.25) is 0 Å². The maximum atomic E-state index is 9.61. The van der Waals surface area contributed by atoms with E-state index in [2.05, 4.69) is 11.9 Å². The highest BCUT2D eigenvalue weighted by atomic mass is 16.5. The van der Waals surface area contributed by atoms with Gasteiger partial charge in [-0.15, -0.1) is 0 Å². The van der Waals surface area contributed by atoms with Crippen LogP contribution >= 0.6 is 0 Å². The van der Waals surface area contributed by atoms with Crippen molar-refractivity contribution in [3.05, 3.63) is 17.7 Å². The zero-order valence-corrected chi connectivity index (χ0v) is 8.58. The van der Waals surface area contributed by atoms with Gasteiger partial charge < -0.3 is 14.7 Å². The molecule has 14 heavy (non-hydrogen) atoms. The van der Waals surface area contributed by atoms with Gasteiger partial charge in [-0.2, -0.15) is 0 Å². The molecule has 0 fully saturated rings. The van der Waals surface area contributed by atoms with E-state index in [1.165, 1.54) is 5.69 Å². The van der Waals surface area contributed by atoms with E-state index in [1.807, 2.05) is 6.07 Å². The van der Waals surface area contributed by atoms with Crippen LogP contribution in [-0.2, 0) is 6.42 Å². The molecule has 0 aromatic heterocycles. The lowest BCUT2D eigenvalue weighted by Gasteiger charge is -2.28. The molecule has 1 N–H and O–H groups in total. The van der Waals surface area contributed by atoms with Crippen LogP contribution in [0.25, 0.3) is 0 Å². The van der Waals surface area contributed by atoms with E-state index in [1.54, 1.807) is 13.2 Å². The van der Waals surface area contributed by atoms with Gasteiger partial charge in [-0.05, 0) is 25.0 Å². The molecule has 0 bridgehead atoms. The molecule has 1 aromatic rings. The Bertz CT molecular complexity index is 349. The van der Waals surface area contributed by atoms with Crippen LogP contribution in [0.4, 0.5) is 5.69 Å². The second kappa shape index (κ2) is 3.40. The van der Waals surface area contributed by atoms with Gasteiger partial charge in [-0.25, -0.2) is 0 Å². The summed E-state index contributed by atoms with van der Waals surface area (Å²) in [5, 5.41) is 9.61. The van der Waals surface area contributed by atoms with Gasteiger partial charge in [0.1, 0.15) is 0 Å². The van der Waals surface area contributed by atoms with Crippen LogP contribution in [0.15, 0.2) is 12.1 Å². The van der Waals surface area contributed by atoms with Crippen molar-refractivity contribution in [1.82, 2.24) is 0 Å². The molecule has 3 nitrogen and oxygen atoms in total. The Kier molecular flexibility index (Phi) is 2.23. The lowest BCUT2D eigenvalue weighted by Crippen LogP contribution is -2.24. The topological polar surface area (TPSA) is 32.7 Å². The van der Waals surface area contributed by atoms with Crippen molar-refractivity contribution < 1.29 is 9.84 Å². The summed E-state index contributed by atoms with van der Waals surface area (Å²) in [5.74, 6) is 0.871. The van der Waals surface area contributed by atoms with Crippen LogP contribution in [0.1, 0.15) is 12.0 Å². The Balaban J connectivity index is 2.55. The molecule has 3 heteroatoms. The molecule has 1 aromatic carbocycles. The van der Waals surface area contributed by atoms with Gasteiger partial charge in [-0.3, -0.25) is 0 Å². The summed E-state index contributed by atoms with van der Waals surface area (Å²) >= 11 is 0. The first-order valence-corrected chi connectivity index (χ1v) is 4.84. The van der Waals surface area contributed by atoms with Crippen molar-refractivity contribution in [2.75, 3.05) is 25.6 Å². The van der Waals surface area contributed by atoms with Crippen LogP contribution in [0.5, 0.6) is 11.5 Å². The molecule has 0 radical (unpaired) electrons. The average molecular weight is 193 g/mol. The standard InChI is InChI=1S/C11H15NO2/c1-12-7-3-4-8-9(12)5-6-10(13)11(8)14-2/h5-6,13H,3-4,7H2,1-2H3. The summed E-state index contributed by atoms with van der Waals surface area (Å²) in [6.07, 6.45) is 2.10. The number of methoxy groups -OCH3 is 1. The minimum absolute atomic E-state index is 0.238. The Labute approximate surface area is 83.9 Å². The van der Waals surface area contributed by atoms with Gasteiger partial charge in [0.2, 0.25) is 0 Å². The summed E-state index contributed by atoms with van der Waals surface area (Å²) in [4.78, 5) is 2.20. The highest BCUT2D eigenvalue weighted by molar-refractivity contribution is 5.64. The van der Waals surface area contributed by atoms with Crippen molar-refractivity contribution in [2.24, 2.45) is 0 Å². The molecule has 1 aliphatic rings. The van der Waals surface area contributed by atoms with E-state index in [-0.39, 0.29) is 5.75 Å². The number of hydrogen-bond acceptors (Lipinski definition) is 3. The third kappa shape index (κ3) is 1.29. The van der Waals surface area contributed by atoms with E-state index >= 15 is 0 Å². The Morgan fingerprint density at radius 2 is 2.21 bits per heavy atom. The summed E-state index contributed by atoms with van der Waals surface area (Å²) in [6, 6.07) is 3.64. The van der Waals surface area contributed by atoms with Gasteiger partial charge in [0.25, 0.3) is 0 Å². The summed E-state index contributed by atoms with van der Waals surface area (Å²) in [5.41, 5.74) is 2.30. The number of anilines is 1.